The van der Waals surface area contributed by atoms with Crippen molar-refractivity contribution in [3.8, 4) is 0 Å². The van der Waals surface area contributed by atoms with E-state index < -0.39 is 13.0 Å². The molecule has 0 saturated heterocycles. The van der Waals surface area contributed by atoms with Crippen LogP contribution in [0.4, 0.5) is 0 Å². The lowest BCUT2D eigenvalue weighted by atomic mass is 9.77. The summed E-state index contributed by atoms with van der Waals surface area (Å²) in [5, 5.41) is 25.2. The van der Waals surface area contributed by atoms with E-state index in [0.29, 0.717) is 0 Å². The van der Waals surface area contributed by atoms with Crippen LogP contribution >= 0.6 is 0 Å². The van der Waals surface area contributed by atoms with Crippen LogP contribution in [0.2, 0.25) is 0 Å². The van der Waals surface area contributed by atoms with Crippen LogP contribution in [0.5, 0.6) is 0 Å². The summed E-state index contributed by atoms with van der Waals surface area (Å²) in [6.07, 6.45) is 0. The molecule has 0 atom stereocenters. The number of carbonyl (C=O) groups is 1. The molecule has 1 aromatic rings. The van der Waals surface area contributed by atoms with Crippen molar-refractivity contribution in [1.29, 1.82) is 0 Å². The quantitative estimate of drug-likeness (QED) is 0.445. The monoisotopic (exact) mass is 211 g/mol. The highest BCUT2D eigenvalue weighted by Crippen LogP contribution is 1.94. The number of rotatable bonds is 2. The highest BCUT2D eigenvalue weighted by Gasteiger charge is 2.17. The molecule has 1 rings (SSSR count). The third-order valence-electron chi connectivity index (χ3n) is 1.50. The molecule has 0 unspecified atom stereocenters. The smallest absolute Gasteiger partial charge is 0.423 e. The molecule has 1 aromatic carbocycles. The topological polar surface area (TPSA) is 104 Å². The highest BCUT2D eigenvalue weighted by atomic mass is 16.4. The van der Waals surface area contributed by atoms with Gasteiger partial charge in [-0.15, -0.1) is 0 Å². The summed E-state index contributed by atoms with van der Waals surface area (Å²) >= 11 is 0. The van der Waals surface area contributed by atoms with E-state index in [2.05, 4.69) is 0 Å². The molecule has 1 amide bonds. The predicted molar refractivity (Wildman–Crippen MR) is 57.5 cm³/mol. The molecular formula is C9H14BNO4. The average molecular weight is 211 g/mol. The van der Waals surface area contributed by atoms with Crippen LogP contribution in [-0.2, 0) is 0 Å². The molecule has 0 aliphatic rings. The number of aliphatic hydroxyl groups excluding tert-OH is 1. The Bertz CT molecular complexity index is 317. The maximum Gasteiger partial charge on any atom is 0.489 e. The van der Waals surface area contributed by atoms with Gasteiger partial charge in [-0.1, -0.05) is 18.2 Å². The molecule has 5 N–H and O–H groups in total. The van der Waals surface area contributed by atoms with Gasteiger partial charge in [0.25, 0.3) is 0 Å². The fourth-order valence-electron chi connectivity index (χ4n) is 0.947. The SMILES string of the molecule is CCO.NC(=O)c1ccccc1B(O)O. The van der Waals surface area contributed by atoms with Crippen molar-refractivity contribution in [2.75, 3.05) is 6.61 Å². The Balaban J connectivity index is 0.000000583. The molecule has 82 valence electrons. The van der Waals surface area contributed by atoms with Gasteiger partial charge in [0.15, 0.2) is 0 Å². The Hall–Kier alpha value is -1.37. The van der Waals surface area contributed by atoms with Gasteiger partial charge in [0.2, 0.25) is 5.91 Å². The van der Waals surface area contributed by atoms with Crippen molar-refractivity contribution >= 4 is 18.5 Å². The van der Waals surface area contributed by atoms with Crippen molar-refractivity contribution < 1.29 is 19.9 Å². The molecular weight excluding hydrogens is 197 g/mol. The van der Waals surface area contributed by atoms with Gasteiger partial charge in [-0.25, -0.2) is 0 Å². The molecule has 0 spiro atoms. The van der Waals surface area contributed by atoms with E-state index in [1.165, 1.54) is 12.1 Å². The Morgan fingerprint density at radius 3 is 2.20 bits per heavy atom. The Labute approximate surface area is 88.3 Å². The zero-order valence-corrected chi connectivity index (χ0v) is 8.42. The molecule has 0 aliphatic carbocycles. The van der Waals surface area contributed by atoms with Crippen molar-refractivity contribution in [3.05, 3.63) is 29.8 Å². The van der Waals surface area contributed by atoms with Crippen LogP contribution in [-0.4, -0.2) is 34.8 Å². The van der Waals surface area contributed by atoms with Crippen molar-refractivity contribution in [2.24, 2.45) is 5.73 Å². The largest absolute Gasteiger partial charge is 0.489 e. The van der Waals surface area contributed by atoms with E-state index in [1.807, 2.05) is 0 Å². The number of nitrogens with two attached hydrogens (primary N) is 1. The number of hydrogen-bond acceptors (Lipinski definition) is 4. The van der Waals surface area contributed by atoms with E-state index >= 15 is 0 Å². The third kappa shape index (κ3) is 4.60. The van der Waals surface area contributed by atoms with Gasteiger partial charge >= 0.3 is 7.12 Å². The number of amides is 1. The highest BCUT2D eigenvalue weighted by molar-refractivity contribution is 6.60. The van der Waals surface area contributed by atoms with Crippen LogP contribution in [0.15, 0.2) is 24.3 Å². The van der Waals surface area contributed by atoms with Crippen molar-refractivity contribution in [1.82, 2.24) is 0 Å². The van der Waals surface area contributed by atoms with Crippen molar-refractivity contribution in [3.63, 3.8) is 0 Å². The summed E-state index contributed by atoms with van der Waals surface area (Å²) in [5.74, 6) is -0.668. The van der Waals surface area contributed by atoms with Crippen molar-refractivity contribution in [2.45, 2.75) is 6.92 Å². The van der Waals surface area contributed by atoms with Crippen LogP contribution in [0, 0.1) is 0 Å². The normalized spacial score (nSPS) is 8.80. The maximum absolute atomic E-state index is 10.7. The van der Waals surface area contributed by atoms with Crippen LogP contribution in [0.1, 0.15) is 17.3 Å². The predicted octanol–water partition coefficient (Wildman–Crippen LogP) is -1.54. The Morgan fingerprint density at radius 2 is 1.87 bits per heavy atom. The second kappa shape index (κ2) is 7.00. The van der Waals surface area contributed by atoms with Gasteiger partial charge in [0, 0.05) is 12.2 Å². The minimum Gasteiger partial charge on any atom is -0.423 e. The first-order valence-electron chi connectivity index (χ1n) is 4.40. The van der Waals surface area contributed by atoms with Gasteiger partial charge in [0.1, 0.15) is 0 Å². The molecule has 0 bridgehead atoms. The van der Waals surface area contributed by atoms with Crippen LogP contribution in [0.3, 0.4) is 0 Å². The third-order valence-corrected chi connectivity index (χ3v) is 1.50. The number of primary amides is 1. The minimum absolute atomic E-state index is 0.130. The minimum atomic E-state index is -1.66. The maximum atomic E-state index is 10.7. The number of aliphatic hydroxyl groups is 1. The second-order valence-electron chi connectivity index (χ2n) is 2.64. The summed E-state index contributed by atoms with van der Waals surface area (Å²) in [6, 6.07) is 6.08. The fourth-order valence-corrected chi connectivity index (χ4v) is 0.947. The first kappa shape index (κ1) is 13.6. The van der Waals surface area contributed by atoms with E-state index in [1.54, 1.807) is 19.1 Å². The lowest BCUT2D eigenvalue weighted by Crippen LogP contribution is -2.36. The molecule has 0 aromatic heterocycles. The summed E-state index contributed by atoms with van der Waals surface area (Å²) in [7, 11) is -1.66. The number of carbonyl (C=O) groups excluding carboxylic acids is 1. The lowest BCUT2D eigenvalue weighted by Gasteiger charge is -2.03. The number of benzene rings is 1. The molecule has 15 heavy (non-hydrogen) atoms. The van der Waals surface area contributed by atoms with Gasteiger partial charge in [-0.3, -0.25) is 4.79 Å². The molecule has 5 nitrogen and oxygen atoms in total. The first-order chi connectivity index (χ1) is 7.04. The average Bonchev–Trinajstić information content (AvgIpc) is 2.19. The van der Waals surface area contributed by atoms with Gasteiger partial charge in [-0.2, -0.15) is 0 Å². The van der Waals surface area contributed by atoms with Gasteiger partial charge < -0.3 is 20.9 Å². The Kier molecular flexibility index (Phi) is 6.36. The van der Waals surface area contributed by atoms with Crippen LogP contribution < -0.4 is 11.2 Å². The summed E-state index contributed by atoms with van der Waals surface area (Å²) < 4.78 is 0. The zero-order chi connectivity index (χ0) is 11.8. The summed E-state index contributed by atoms with van der Waals surface area (Å²) in [4.78, 5) is 10.7. The molecule has 0 saturated carbocycles. The fraction of sp³-hybridized carbons (Fsp3) is 0.222. The van der Waals surface area contributed by atoms with Gasteiger partial charge in [-0.05, 0) is 18.5 Å². The first-order valence-corrected chi connectivity index (χ1v) is 4.40. The van der Waals surface area contributed by atoms with E-state index in [4.69, 9.17) is 20.9 Å². The standard InChI is InChI=1S/C7H8BNO3.C2H6O/c9-7(10)5-3-1-2-4-6(5)8(11)12;1-2-3/h1-4,11-12H,(H2,9,10);3H,2H2,1H3. The van der Waals surface area contributed by atoms with Crippen LogP contribution in [0.25, 0.3) is 0 Å². The van der Waals surface area contributed by atoms with E-state index in [0.717, 1.165) is 0 Å². The second-order valence-corrected chi connectivity index (χ2v) is 2.64. The molecule has 0 radical (unpaired) electrons. The zero-order valence-electron chi connectivity index (χ0n) is 8.42. The summed E-state index contributed by atoms with van der Waals surface area (Å²) in [6.45, 7) is 1.93. The Morgan fingerprint density at radius 1 is 1.40 bits per heavy atom. The molecule has 6 heteroatoms. The molecule has 0 fully saturated rings. The lowest BCUT2D eigenvalue weighted by molar-refractivity contribution is 0.100. The van der Waals surface area contributed by atoms with E-state index in [-0.39, 0.29) is 17.6 Å². The molecule has 0 heterocycles. The van der Waals surface area contributed by atoms with E-state index in [9.17, 15) is 4.79 Å². The summed E-state index contributed by atoms with van der Waals surface area (Å²) in [5.41, 5.74) is 5.25. The molecule has 0 aliphatic heterocycles. The number of hydrogen-bond donors (Lipinski definition) is 4. The van der Waals surface area contributed by atoms with Gasteiger partial charge in [0.05, 0.1) is 0 Å².